The molecule has 134 valence electrons. The SMILES string of the molecule is COc1ccc(Nc2cc(C(=O)NCCCN(C)C)ncn2)cc1Cl. The summed E-state index contributed by atoms with van der Waals surface area (Å²) in [5.41, 5.74) is 1.05. The number of aromatic nitrogens is 2. The molecule has 0 radical (unpaired) electrons. The zero-order valence-corrected chi connectivity index (χ0v) is 15.3. The number of anilines is 2. The number of rotatable bonds is 8. The standard InChI is InChI=1S/C17H22ClN5O2/c1-23(2)8-4-7-19-17(24)14-10-16(21-11-20-14)22-12-5-6-15(25-3)13(18)9-12/h5-6,9-11H,4,7-8H2,1-3H3,(H,19,24)(H,20,21,22). The van der Waals surface area contributed by atoms with Crippen LogP contribution in [-0.2, 0) is 0 Å². The molecule has 0 unspecified atom stereocenters. The Balaban J connectivity index is 1.98. The van der Waals surface area contributed by atoms with Crippen LogP contribution in [0.4, 0.5) is 11.5 Å². The summed E-state index contributed by atoms with van der Waals surface area (Å²) in [5.74, 6) is 0.874. The Morgan fingerprint density at radius 2 is 2.08 bits per heavy atom. The molecule has 0 saturated carbocycles. The number of amides is 1. The van der Waals surface area contributed by atoms with E-state index in [-0.39, 0.29) is 5.91 Å². The number of carbonyl (C=O) groups is 1. The van der Waals surface area contributed by atoms with Gasteiger partial charge >= 0.3 is 0 Å². The van der Waals surface area contributed by atoms with Gasteiger partial charge in [0.25, 0.3) is 5.91 Å². The summed E-state index contributed by atoms with van der Waals surface area (Å²) >= 11 is 6.11. The predicted molar refractivity (Wildman–Crippen MR) is 98.8 cm³/mol. The number of carbonyl (C=O) groups excluding carboxylic acids is 1. The van der Waals surface area contributed by atoms with Crippen LogP contribution in [0.15, 0.2) is 30.6 Å². The van der Waals surface area contributed by atoms with Crippen molar-refractivity contribution >= 4 is 29.0 Å². The van der Waals surface area contributed by atoms with Crippen LogP contribution >= 0.6 is 11.6 Å². The van der Waals surface area contributed by atoms with Crippen LogP contribution in [0, 0.1) is 0 Å². The lowest BCUT2D eigenvalue weighted by atomic mass is 10.3. The number of hydrogen-bond acceptors (Lipinski definition) is 6. The molecule has 0 saturated heterocycles. The molecule has 2 aromatic rings. The Morgan fingerprint density at radius 1 is 1.28 bits per heavy atom. The Hall–Kier alpha value is -2.38. The van der Waals surface area contributed by atoms with Crippen LogP contribution < -0.4 is 15.4 Å². The van der Waals surface area contributed by atoms with Gasteiger partial charge in [0.1, 0.15) is 23.6 Å². The molecule has 0 fully saturated rings. The molecule has 8 heteroatoms. The quantitative estimate of drug-likeness (QED) is 0.702. The third-order valence-corrected chi connectivity index (χ3v) is 3.69. The first-order valence-electron chi connectivity index (χ1n) is 7.85. The molecule has 0 spiro atoms. The van der Waals surface area contributed by atoms with Gasteiger partial charge in [0.05, 0.1) is 12.1 Å². The third kappa shape index (κ3) is 5.88. The number of hydrogen-bond donors (Lipinski definition) is 2. The smallest absolute Gasteiger partial charge is 0.270 e. The van der Waals surface area contributed by atoms with E-state index < -0.39 is 0 Å². The minimum absolute atomic E-state index is 0.225. The van der Waals surface area contributed by atoms with Crippen LogP contribution in [0.25, 0.3) is 0 Å². The fraction of sp³-hybridized carbons (Fsp3) is 0.353. The Kier molecular flexibility index (Phi) is 6.97. The summed E-state index contributed by atoms with van der Waals surface area (Å²) < 4.78 is 5.12. The highest BCUT2D eigenvalue weighted by Crippen LogP contribution is 2.28. The first-order valence-corrected chi connectivity index (χ1v) is 8.23. The molecule has 25 heavy (non-hydrogen) atoms. The lowest BCUT2D eigenvalue weighted by Crippen LogP contribution is -2.27. The zero-order valence-electron chi connectivity index (χ0n) is 14.5. The van der Waals surface area contributed by atoms with E-state index in [4.69, 9.17) is 16.3 Å². The van der Waals surface area contributed by atoms with Crippen molar-refractivity contribution in [2.24, 2.45) is 0 Å². The highest BCUT2D eigenvalue weighted by molar-refractivity contribution is 6.32. The van der Waals surface area contributed by atoms with Crippen molar-refractivity contribution in [3.63, 3.8) is 0 Å². The van der Waals surface area contributed by atoms with Crippen molar-refractivity contribution in [1.82, 2.24) is 20.2 Å². The molecule has 2 rings (SSSR count). The van der Waals surface area contributed by atoms with E-state index in [1.165, 1.54) is 6.33 Å². The number of nitrogens with zero attached hydrogens (tertiary/aromatic N) is 3. The first kappa shape index (κ1) is 19.0. The topological polar surface area (TPSA) is 79.4 Å². The van der Waals surface area contributed by atoms with Crippen molar-refractivity contribution in [3.8, 4) is 5.75 Å². The highest BCUT2D eigenvalue weighted by atomic mass is 35.5. The third-order valence-electron chi connectivity index (χ3n) is 3.39. The average molecular weight is 364 g/mol. The van der Waals surface area contributed by atoms with Gasteiger partial charge in [0.2, 0.25) is 0 Å². The molecule has 0 aliphatic rings. The molecule has 0 bridgehead atoms. The highest BCUT2D eigenvalue weighted by Gasteiger charge is 2.09. The van der Waals surface area contributed by atoms with Crippen molar-refractivity contribution in [1.29, 1.82) is 0 Å². The number of ether oxygens (including phenoxy) is 1. The predicted octanol–water partition coefficient (Wildman–Crippen LogP) is 2.56. The molecule has 1 heterocycles. The van der Waals surface area contributed by atoms with Crippen molar-refractivity contribution in [3.05, 3.63) is 41.3 Å². The number of methoxy groups -OCH3 is 1. The number of halogens is 1. The van der Waals surface area contributed by atoms with Crippen molar-refractivity contribution in [2.75, 3.05) is 39.6 Å². The summed E-state index contributed by atoms with van der Waals surface area (Å²) in [7, 11) is 5.55. The van der Waals surface area contributed by atoms with Crippen molar-refractivity contribution in [2.45, 2.75) is 6.42 Å². The van der Waals surface area contributed by atoms with E-state index in [0.717, 1.165) is 18.7 Å². The van der Waals surface area contributed by atoms with Crippen LogP contribution in [0.3, 0.4) is 0 Å². The van der Waals surface area contributed by atoms with Crippen LogP contribution in [0.1, 0.15) is 16.9 Å². The van der Waals surface area contributed by atoms with Crippen LogP contribution in [-0.4, -0.2) is 55.1 Å². The van der Waals surface area contributed by atoms with Crippen molar-refractivity contribution < 1.29 is 9.53 Å². The Morgan fingerprint density at radius 3 is 2.76 bits per heavy atom. The maximum atomic E-state index is 12.2. The van der Waals surface area contributed by atoms with Gasteiger partial charge in [-0.3, -0.25) is 4.79 Å². The van der Waals surface area contributed by atoms with Gasteiger partial charge in [0.15, 0.2) is 0 Å². The monoisotopic (exact) mass is 363 g/mol. The van der Waals surface area contributed by atoms with E-state index >= 15 is 0 Å². The molecule has 1 amide bonds. The Bertz CT molecular complexity index is 724. The van der Waals surface area contributed by atoms with E-state index in [1.54, 1.807) is 25.3 Å². The molecule has 1 aromatic carbocycles. The zero-order chi connectivity index (χ0) is 18.2. The van der Waals surface area contributed by atoms with E-state index in [0.29, 0.717) is 28.8 Å². The minimum atomic E-state index is -0.225. The molecule has 7 nitrogen and oxygen atoms in total. The minimum Gasteiger partial charge on any atom is -0.495 e. The lowest BCUT2D eigenvalue weighted by Gasteiger charge is -2.10. The van der Waals surface area contributed by atoms with Crippen LogP contribution in [0.2, 0.25) is 5.02 Å². The summed E-state index contributed by atoms with van der Waals surface area (Å²) in [6, 6.07) is 6.89. The number of nitrogens with one attached hydrogen (secondary N) is 2. The van der Waals surface area contributed by atoms with Gasteiger partial charge in [0, 0.05) is 18.3 Å². The summed E-state index contributed by atoms with van der Waals surface area (Å²) in [4.78, 5) is 22.4. The van der Waals surface area contributed by atoms with Gasteiger partial charge in [-0.25, -0.2) is 9.97 Å². The maximum Gasteiger partial charge on any atom is 0.270 e. The molecular weight excluding hydrogens is 342 g/mol. The molecule has 2 N–H and O–H groups in total. The summed E-state index contributed by atoms with van der Waals surface area (Å²) in [5, 5.41) is 6.43. The number of benzene rings is 1. The second kappa shape index (κ2) is 9.19. The van der Waals surface area contributed by atoms with Gasteiger partial charge < -0.3 is 20.3 Å². The van der Waals surface area contributed by atoms with Gasteiger partial charge in [-0.2, -0.15) is 0 Å². The van der Waals surface area contributed by atoms with E-state index in [1.807, 2.05) is 20.2 Å². The maximum absolute atomic E-state index is 12.2. The first-order chi connectivity index (χ1) is 12.0. The van der Waals surface area contributed by atoms with Gasteiger partial charge in [-0.15, -0.1) is 0 Å². The molecule has 0 aliphatic carbocycles. The molecule has 0 atom stereocenters. The van der Waals surface area contributed by atoms with Crippen LogP contribution in [0.5, 0.6) is 5.75 Å². The fourth-order valence-corrected chi connectivity index (χ4v) is 2.39. The molecule has 0 aliphatic heterocycles. The fourth-order valence-electron chi connectivity index (χ4n) is 2.13. The summed E-state index contributed by atoms with van der Waals surface area (Å²) in [6.07, 6.45) is 2.22. The normalized spacial score (nSPS) is 10.6. The van der Waals surface area contributed by atoms with E-state index in [9.17, 15) is 4.79 Å². The average Bonchev–Trinajstić information content (AvgIpc) is 2.59. The largest absolute Gasteiger partial charge is 0.495 e. The molecular formula is C17H22ClN5O2. The second-order valence-electron chi connectivity index (χ2n) is 5.68. The Labute approximate surface area is 152 Å². The van der Waals surface area contributed by atoms with Gasteiger partial charge in [-0.05, 0) is 45.3 Å². The summed E-state index contributed by atoms with van der Waals surface area (Å²) in [6.45, 7) is 1.51. The van der Waals surface area contributed by atoms with Gasteiger partial charge in [-0.1, -0.05) is 11.6 Å². The lowest BCUT2D eigenvalue weighted by molar-refractivity contribution is 0.0947. The second-order valence-corrected chi connectivity index (χ2v) is 6.08. The van der Waals surface area contributed by atoms with E-state index in [2.05, 4.69) is 25.5 Å². The molecule has 1 aromatic heterocycles.